The largest absolute Gasteiger partial charge is 0.349 e. The van der Waals surface area contributed by atoms with Crippen LogP contribution in [0.1, 0.15) is 51.8 Å². The van der Waals surface area contributed by atoms with E-state index in [0.29, 0.717) is 13.0 Å². The zero-order chi connectivity index (χ0) is 15.6. The number of ketones is 1. The number of likely N-dealkylation sites (N-methyl/N-ethyl adjacent to an activating group) is 1. The smallest absolute Gasteiger partial charge is 0.224 e. The third-order valence-corrected chi connectivity index (χ3v) is 3.83. The third kappa shape index (κ3) is 4.16. The summed E-state index contributed by atoms with van der Waals surface area (Å²) in [5.41, 5.74) is 2.23. The molecule has 1 aliphatic rings. The van der Waals surface area contributed by atoms with Gasteiger partial charge in [-0.25, -0.2) is 9.97 Å². The molecule has 0 saturated heterocycles. The van der Waals surface area contributed by atoms with Gasteiger partial charge in [-0.3, -0.25) is 4.79 Å². The van der Waals surface area contributed by atoms with E-state index in [1.54, 1.807) is 0 Å². The van der Waals surface area contributed by atoms with Crippen LogP contribution in [-0.4, -0.2) is 28.8 Å². The molecule has 4 nitrogen and oxygen atoms in total. The van der Waals surface area contributed by atoms with Crippen molar-refractivity contribution in [1.82, 2.24) is 9.97 Å². The summed E-state index contributed by atoms with van der Waals surface area (Å²) in [4.78, 5) is 23.0. The zero-order valence-corrected chi connectivity index (χ0v) is 14.1. The summed E-state index contributed by atoms with van der Waals surface area (Å²) in [5.74, 6) is 1.10. The van der Waals surface area contributed by atoms with Crippen LogP contribution in [0.5, 0.6) is 0 Å². The van der Waals surface area contributed by atoms with E-state index in [9.17, 15) is 4.79 Å². The van der Waals surface area contributed by atoms with Gasteiger partial charge >= 0.3 is 0 Å². The molecule has 1 aliphatic carbocycles. The number of hydrogen-bond donors (Lipinski definition) is 0. The van der Waals surface area contributed by atoms with Gasteiger partial charge < -0.3 is 4.90 Å². The molecule has 1 aromatic heterocycles. The van der Waals surface area contributed by atoms with E-state index in [1.165, 1.54) is 5.56 Å². The summed E-state index contributed by atoms with van der Waals surface area (Å²) in [6.45, 7) is 9.44. The van der Waals surface area contributed by atoms with Crippen molar-refractivity contribution >= 4 is 23.2 Å². The standard InChI is InChI=1S/C16H24ClN3O/c1-5-20(10-11(21)9-16(2,3)4)14-12-7-6-8-13(12)18-15(17)19-14/h5-10H2,1-4H3. The third-order valence-electron chi connectivity index (χ3n) is 3.66. The number of carbonyl (C=O) groups excluding carboxylic acids is 1. The second-order valence-corrected chi connectivity index (χ2v) is 7.22. The maximum atomic E-state index is 12.3. The summed E-state index contributed by atoms with van der Waals surface area (Å²) >= 11 is 6.04. The van der Waals surface area contributed by atoms with Gasteiger partial charge in [0.25, 0.3) is 0 Å². The van der Waals surface area contributed by atoms with Crippen LogP contribution in [0.25, 0.3) is 0 Å². The van der Waals surface area contributed by atoms with E-state index in [2.05, 4.69) is 30.7 Å². The van der Waals surface area contributed by atoms with Crippen molar-refractivity contribution in [2.75, 3.05) is 18.0 Å². The predicted octanol–water partition coefficient (Wildman–Crippen LogP) is 3.45. The lowest BCUT2D eigenvalue weighted by atomic mass is 9.90. The van der Waals surface area contributed by atoms with Crippen molar-refractivity contribution < 1.29 is 4.79 Å². The summed E-state index contributed by atoms with van der Waals surface area (Å²) in [6, 6.07) is 0. The van der Waals surface area contributed by atoms with Gasteiger partial charge in [0.1, 0.15) is 5.82 Å². The molecule has 116 valence electrons. The second kappa shape index (κ2) is 6.30. The Hall–Kier alpha value is -1.16. The Bertz CT molecular complexity index is 537. The number of fused-ring (bicyclic) bond motifs is 1. The van der Waals surface area contributed by atoms with Gasteiger partial charge in [0.2, 0.25) is 5.28 Å². The second-order valence-electron chi connectivity index (χ2n) is 6.89. The molecule has 5 heteroatoms. The first kappa shape index (κ1) is 16.2. The Morgan fingerprint density at radius 2 is 2.00 bits per heavy atom. The Morgan fingerprint density at radius 1 is 1.29 bits per heavy atom. The molecule has 0 radical (unpaired) electrons. The highest BCUT2D eigenvalue weighted by atomic mass is 35.5. The summed E-state index contributed by atoms with van der Waals surface area (Å²) < 4.78 is 0. The lowest BCUT2D eigenvalue weighted by Gasteiger charge is -2.25. The van der Waals surface area contributed by atoms with Crippen LogP contribution in [0, 0.1) is 5.41 Å². The fourth-order valence-electron chi connectivity index (χ4n) is 2.84. The molecule has 1 heterocycles. The van der Waals surface area contributed by atoms with Crippen molar-refractivity contribution in [2.24, 2.45) is 5.41 Å². The van der Waals surface area contributed by atoms with Gasteiger partial charge in [0, 0.05) is 18.5 Å². The Labute approximate surface area is 131 Å². The Balaban J connectivity index is 2.21. The van der Waals surface area contributed by atoms with Crippen LogP contribution >= 0.6 is 11.6 Å². The van der Waals surface area contributed by atoms with E-state index in [-0.39, 0.29) is 16.5 Å². The highest BCUT2D eigenvalue weighted by Crippen LogP contribution is 2.30. The van der Waals surface area contributed by atoms with Crippen molar-refractivity contribution in [3.05, 3.63) is 16.5 Å². The topological polar surface area (TPSA) is 46.1 Å². The molecule has 0 fully saturated rings. The maximum absolute atomic E-state index is 12.3. The van der Waals surface area contributed by atoms with Crippen LogP contribution in [-0.2, 0) is 17.6 Å². The quantitative estimate of drug-likeness (QED) is 0.782. The molecule has 0 bridgehead atoms. The number of aryl methyl sites for hydroxylation is 1. The highest BCUT2D eigenvalue weighted by Gasteiger charge is 2.24. The Morgan fingerprint density at radius 3 is 2.62 bits per heavy atom. The average Bonchev–Trinajstić information content (AvgIpc) is 2.80. The molecule has 1 aromatic rings. The maximum Gasteiger partial charge on any atom is 0.224 e. The minimum atomic E-state index is 0.0156. The van der Waals surface area contributed by atoms with Crippen molar-refractivity contribution in [1.29, 1.82) is 0 Å². The highest BCUT2D eigenvalue weighted by molar-refractivity contribution is 6.28. The minimum Gasteiger partial charge on any atom is -0.349 e. The van der Waals surface area contributed by atoms with E-state index < -0.39 is 0 Å². The molecule has 0 spiro atoms. The number of anilines is 1. The van der Waals surface area contributed by atoms with Crippen LogP contribution in [0.15, 0.2) is 0 Å². The van der Waals surface area contributed by atoms with Crippen molar-refractivity contribution in [3.63, 3.8) is 0 Å². The summed E-state index contributed by atoms with van der Waals surface area (Å²) in [5, 5.41) is 0.285. The van der Waals surface area contributed by atoms with E-state index in [1.807, 2.05) is 11.8 Å². The number of halogens is 1. The molecular formula is C16H24ClN3O. The normalized spacial score (nSPS) is 14.1. The number of carbonyl (C=O) groups is 1. The first-order valence-electron chi connectivity index (χ1n) is 7.62. The van der Waals surface area contributed by atoms with E-state index in [4.69, 9.17) is 11.6 Å². The van der Waals surface area contributed by atoms with Crippen molar-refractivity contribution in [2.45, 2.75) is 53.4 Å². The van der Waals surface area contributed by atoms with Crippen LogP contribution in [0.3, 0.4) is 0 Å². The molecule has 0 aromatic carbocycles. The monoisotopic (exact) mass is 309 g/mol. The first-order chi connectivity index (χ1) is 9.80. The molecular weight excluding hydrogens is 286 g/mol. The van der Waals surface area contributed by atoms with Crippen molar-refractivity contribution in [3.8, 4) is 0 Å². The molecule has 0 amide bonds. The van der Waals surface area contributed by atoms with Crippen LogP contribution < -0.4 is 4.90 Å². The van der Waals surface area contributed by atoms with Gasteiger partial charge in [-0.15, -0.1) is 0 Å². The van der Waals surface area contributed by atoms with E-state index >= 15 is 0 Å². The van der Waals surface area contributed by atoms with E-state index in [0.717, 1.165) is 37.3 Å². The fraction of sp³-hybridized carbons (Fsp3) is 0.688. The lowest BCUT2D eigenvalue weighted by molar-refractivity contribution is -0.119. The molecule has 2 rings (SSSR count). The fourth-order valence-corrected chi connectivity index (χ4v) is 3.02. The van der Waals surface area contributed by atoms with Gasteiger partial charge in [-0.1, -0.05) is 20.8 Å². The zero-order valence-electron chi connectivity index (χ0n) is 13.4. The van der Waals surface area contributed by atoms with Crippen LogP contribution in [0.4, 0.5) is 5.82 Å². The minimum absolute atomic E-state index is 0.0156. The number of hydrogen-bond acceptors (Lipinski definition) is 4. The van der Waals surface area contributed by atoms with Gasteiger partial charge in [0.05, 0.1) is 12.2 Å². The molecule has 0 N–H and O–H groups in total. The average molecular weight is 310 g/mol. The van der Waals surface area contributed by atoms with Gasteiger partial charge in [0.15, 0.2) is 5.78 Å². The number of aromatic nitrogens is 2. The van der Waals surface area contributed by atoms with Gasteiger partial charge in [-0.2, -0.15) is 0 Å². The number of rotatable bonds is 5. The SMILES string of the molecule is CCN(CC(=O)CC(C)(C)C)c1nc(Cl)nc2c1CCC2. The molecule has 0 atom stereocenters. The molecule has 0 aliphatic heterocycles. The number of Topliss-reactive ketones (excluding diaryl/α,β-unsaturated/α-hetero) is 1. The Kier molecular flexibility index (Phi) is 4.87. The first-order valence-corrected chi connectivity index (χ1v) is 8.00. The number of nitrogens with zero attached hydrogens (tertiary/aromatic N) is 3. The lowest BCUT2D eigenvalue weighted by Crippen LogP contribution is -2.33. The van der Waals surface area contributed by atoms with Crippen LogP contribution in [0.2, 0.25) is 5.28 Å². The molecule has 0 saturated carbocycles. The van der Waals surface area contributed by atoms with Gasteiger partial charge in [-0.05, 0) is 43.2 Å². The molecule has 0 unspecified atom stereocenters. The summed E-state index contributed by atoms with van der Waals surface area (Å²) in [6.07, 6.45) is 3.60. The summed E-state index contributed by atoms with van der Waals surface area (Å²) in [7, 11) is 0. The molecule has 21 heavy (non-hydrogen) atoms. The predicted molar refractivity (Wildman–Crippen MR) is 86.0 cm³/mol.